The number of carbonyl (C=O) groups excluding carboxylic acids is 1. The highest BCUT2D eigenvalue weighted by atomic mass is 35.5. The maximum absolute atomic E-state index is 12.6. The van der Waals surface area contributed by atoms with Crippen molar-refractivity contribution >= 4 is 40.1 Å². The molecule has 0 N–H and O–H groups in total. The molecule has 3 rings (SSSR count). The van der Waals surface area contributed by atoms with E-state index in [1.54, 1.807) is 42.5 Å². The van der Waals surface area contributed by atoms with E-state index >= 15 is 0 Å². The molecule has 0 fully saturated rings. The number of halogens is 2. The average Bonchev–Trinajstić information content (AvgIpc) is 2.65. The van der Waals surface area contributed by atoms with Crippen LogP contribution in [-0.4, -0.2) is 15.5 Å². The first-order chi connectivity index (χ1) is 13.0. The van der Waals surface area contributed by atoms with Crippen LogP contribution in [0.5, 0.6) is 0 Å². The van der Waals surface area contributed by atoms with E-state index in [1.165, 1.54) is 4.57 Å². The third-order valence-corrected chi connectivity index (χ3v) is 4.47. The van der Waals surface area contributed by atoms with Crippen molar-refractivity contribution < 1.29 is 9.53 Å². The molecule has 0 bridgehead atoms. The van der Waals surface area contributed by atoms with Crippen molar-refractivity contribution in [1.82, 2.24) is 9.55 Å². The number of esters is 1. The zero-order chi connectivity index (χ0) is 19.4. The number of para-hydroxylation sites is 1. The minimum atomic E-state index is -0.537. The van der Waals surface area contributed by atoms with Crippen LogP contribution in [0.15, 0.2) is 47.3 Å². The molecule has 0 aliphatic rings. The molecule has 6 nitrogen and oxygen atoms in total. The zero-order valence-corrected chi connectivity index (χ0v) is 15.5. The fraction of sp³-hybridized carbons (Fsp3) is 0.158. The van der Waals surface area contributed by atoms with E-state index in [1.807, 2.05) is 6.07 Å². The summed E-state index contributed by atoms with van der Waals surface area (Å²) >= 11 is 11.9. The van der Waals surface area contributed by atoms with E-state index < -0.39 is 5.97 Å². The quantitative estimate of drug-likeness (QED) is 0.610. The van der Waals surface area contributed by atoms with E-state index in [0.29, 0.717) is 26.5 Å². The van der Waals surface area contributed by atoms with Crippen molar-refractivity contribution in [3.63, 3.8) is 0 Å². The van der Waals surface area contributed by atoms with E-state index in [4.69, 9.17) is 33.2 Å². The summed E-state index contributed by atoms with van der Waals surface area (Å²) in [4.78, 5) is 29.1. The maximum atomic E-state index is 12.6. The molecule has 0 aliphatic carbocycles. The first kappa shape index (κ1) is 18.9. The third-order valence-electron chi connectivity index (χ3n) is 3.88. The second-order valence-corrected chi connectivity index (χ2v) is 6.51. The van der Waals surface area contributed by atoms with E-state index in [2.05, 4.69) is 4.98 Å². The molecule has 0 radical (unpaired) electrons. The van der Waals surface area contributed by atoms with Crippen LogP contribution in [0, 0.1) is 11.3 Å². The van der Waals surface area contributed by atoms with Crippen LogP contribution < -0.4 is 5.56 Å². The number of nitriles is 1. The first-order valence-corrected chi connectivity index (χ1v) is 8.70. The number of aromatic nitrogens is 2. The maximum Gasteiger partial charge on any atom is 0.310 e. The Bertz CT molecular complexity index is 1120. The molecule has 0 saturated carbocycles. The van der Waals surface area contributed by atoms with Gasteiger partial charge in [0.1, 0.15) is 13.2 Å². The van der Waals surface area contributed by atoms with Crippen molar-refractivity contribution in [1.29, 1.82) is 5.26 Å². The van der Waals surface area contributed by atoms with E-state index in [-0.39, 0.29) is 31.0 Å². The molecule has 0 atom stereocenters. The molecule has 136 valence electrons. The number of hydrogen-bond donors (Lipinski definition) is 0. The molecule has 0 spiro atoms. The summed E-state index contributed by atoms with van der Waals surface area (Å²) in [5.74, 6) is -0.332. The Labute approximate surface area is 164 Å². The Balaban J connectivity index is 1.81. The number of benzene rings is 2. The number of nitrogens with zero attached hydrogens (tertiary/aromatic N) is 3. The lowest BCUT2D eigenvalue weighted by molar-refractivity contribution is -0.144. The average molecular weight is 402 g/mol. The summed E-state index contributed by atoms with van der Waals surface area (Å²) in [6.07, 6.45) is -0.0495. The Kier molecular flexibility index (Phi) is 5.75. The molecule has 0 unspecified atom stereocenters. The molecule has 8 heteroatoms. The number of ether oxygens (including phenoxy) is 1. The predicted molar refractivity (Wildman–Crippen MR) is 102 cm³/mol. The molecular formula is C19H13Cl2N3O3. The second-order valence-electron chi connectivity index (χ2n) is 5.67. The molecule has 0 saturated heterocycles. The standard InChI is InChI=1S/C19H13Cl2N3O3/c20-13-6-5-12(15(21)10-13)9-18(25)27-11-17-23-16-4-2-1-3-14(16)19(26)24(17)8-7-22/h1-6,10H,8-9,11H2. The summed E-state index contributed by atoms with van der Waals surface area (Å²) in [6.45, 7) is -0.418. The summed E-state index contributed by atoms with van der Waals surface area (Å²) in [7, 11) is 0. The van der Waals surface area contributed by atoms with Crippen molar-refractivity contribution in [2.75, 3.05) is 0 Å². The van der Waals surface area contributed by atoms with Crippen LogP contribution in [0.25, 0.3) is 10.9 Å². The summed E-state index contributed by atoms with van der Waals surface area (Å²) in [5, 5.41) is 10.2. The lowest BCUT2D eigenvalue weighted by Gasteiger charge is -2.11. The van der Waals surface area contributed by atoms with Gasteiger partial charge in [0.15, 0.2) is 5.82 Å². The summed E-state index contributed by atoms with van der Waals surface area (Å²) < 4.78 is 6.45. The van der Waals surface area contributed by atoms with Crippen LogP contribution in [0.3, 0.4) is 0 Å². The highest BCUT2D eigenvalue weighted by Crippen LogP contribution is 2.21. The first-order valence-electron chi connectivity index (χ1n) is 7.94. The number of fused-ring (bicyclic) bond motifs is 1. The highest BCUT2D eigenvalue weighted by Gasteiger charge is 2.14. The van der Waals surface area contributed by atoms with Gasteiger partial charge in [-0.05, 0) is 29.8 Å². The van der Waals surface area contributed by atoms with Gasteiger partial charge in [0, 0.05) is 10.0 Å². The van der Waals surface area contributed by atoms with Gasteiger partial charge in [-0.3, -0.25) is 14.2 Å². The monoisotopic (exact) mass is 401 g/mol. The Hall–Kier alpha value is -2.88. The minimum absolute atomic E-state index is 0.0495. The predicted octanol–water partition coefficient (Wildman–Crippen LogP) is 3.51. The lowest BCUT2D eigenvalue weighted by Crippen LogP contribution is -2.26. The van der Waals surface area contributed by atoms with Crippen molar-refractivity contribution in [3.8, 4) is 6.07 Å². The van der Waals surface area contributed by atoms with Gasteiger partial charge in [0.05, 0.1) is 23.4 Å². The van der Waals surface area contributed by atoms with Crippen molar-refractivity contribution in [3.05, 3.63) is 74.3 Å². The Morgan fingerprint density at radius 1 is 1.22 bits per heavy atom. The van der Waals surface area contributed by atoms with Crippen LogP contribution in [-0.2, 0) is 29.1 Å². The third kappa shape index (κ3) is 4.27. The van der Waals surface area contributed by atoms with E-state index in [9.17, 15) is 9.59 Å². The Morgan fingerprint density at radius 2 is 2.00 bits per heavy atom. The molecule has 3 aromatic rings. The molecule has 0 aliphatic heterocycles. The van der Waals surface area contributed by atoms with Gasteiger partial charge in [-0.25, -0.2) is 4.98 Å². The summed E-state index contributed by atoms with van der Waals surface area (Å²) in [5.41, 5.74) is 0.699. The van der Waals surface area contributed by atoms with Gasteiger partial charge in [0.2, 0.25) is 0 Å². The molecule has 0 amide bonds. The summed E-state index contributed by atoms with van der Waals surface area (Å²) in [6, 6.07) is 13.5. The van der Waals surface area contributed by atoms with Gasteiger partial charge >= 0.3 is 5.97 Å². The van der Waals surface area contributed by atoms with Crippen LogP contribution in [0.1, 0.15) is 11.4 Å². The number of carbonyl (C=O) groups is 1. The van der Waals surface area contributed by atoms with Gasteiger partial charge in [0.25, 0.3) is 5.56 Å². The van der Waals surface area contributed by atoms with Gasteiger partial charge in [-0.1, -0.05) is 41.4 Å². The van der Waals surface area contributed by atoms with Gasteiger partial charge in [-0.2, -0.15) is 5.26 Å². The second kappa shape index (κ2) is 8.21. The molecule has 1 heterocycles. The molecule has 1 aromatic heterocycles. The largest absolute Gasteiger partial charge is 0.457 e. The zero-order valence-electron chi connectivity index (χ0n) is 14.0. The number of hydrogen-bond acceptors (Lipinski definition) is 5. The van der Waals surface area contributed by atoms with Gasteiger partial charge < -0.3 is 4.74 Å². The lowest BCUT2D eigenvalue weighted by atomic mass is 10.1. The fourth-order valence-electron chi connectivity index (χ4n) is 2.57. The molecule has 2 aromatic carbocycles. The molecular weight excluding hydrogens is 389 g/mol. The Morgan fingerprint density at radius 3 is 2.74 bits per heavy atom. The van der Waals surface area contributed by atoms with Crippen LogP contribution in [0.2, 0.25) is 10.0 Å². The van der Waals surface area contributed by atoms with E-state index in [0.717, 1.165) is 0 Å². The van der Waals surface area contributed by atoms with Gasteiger partial charge in [-0.15, -0.1) is 0 Å². The normalized spacial score (nSPS) is 10.6. The minimum Gasteiger partial charge on any atom is -0.457 e. The van der Waals surface area contributed by atoms with Crippen molar-refractivity contribution in [2.45, 2.75) is 19.6 Å². The van der Waals surface area contributed by atoms with Crippen LogP contribution >= 0.6 is 23.2 Å². The number of rotatable bonds is 5. The van der Waals surface area contributed by atoms with Crippen LogP contribution in [0.4, 0.5) is 0 Å². The SMILES string of the molecule is N#CCn1c(COC(=O)Cc2ccc(Cl)cc2Cl)nc2ccccc2c1=O. The van der Waals surface area contributed by atoms with Crippen molar-refractivity contribution in [2.24, 2.45) is 0 Å². The smallest absolute Gasteiger partial charge is 0.310 e. The molecule has 27 heavy (non-hydrogen) atoms. The topological polar surface area (TPSA) is 85.0 Å². The highest BCUT2D eigenvalue weighted by molar-refractivity contribution is 6.35. The fourth-order valence-corrected chi connectivity index (χ4v) is 3.05.